The van der Waals surface area contributed by atoms with E-state index in [1.807, 2.05) is 45.3 Å². The summed E-state index contributed by atoms with van der Waals surface area (Å²) in [6.07, 6.45) is 0. The highest BCUT2D eigenvalue weighted by atomic mass is 32.1. The molecule has 0 saturated heterocycles. The van der Waals surface area contributed by atoms with Crippen LogP contribution in [0.3, 0.4) is 0 Å². The van der Waals surface area contributed by atoms with Crippen LogP contribution in [-0.4, -0.2) is 19.1 Å². The number of aromatic nitrogens is 4. The van der Waals surface area contributed by atoms with E-state index < -0.39 is 0 Å². The monoisotopic (exact) mass is 1370 g/mol. The van der Waals surface area contributed by atoms with Gasteiger partial charge in [-0.25, -0.2) is 9.97 Å². The molecule has 22 aromatic rings. The molecule has 7 aromatic heterocycles. The Morgan fingerprint density at radius 1 is 0.176 bits per heavy atom. The van der Waals surface area contributed by atoms with E-state index in [1.54, 1.807) is 0 Å². The minimum absolute atomic E-state index is 0.664. The molecule has 0 aliphatic heterocycles. The van der Waals surface area contributed by atoms with Crippen LogP contribution in [-0.2, 0) is 0 Å². The molecule has 0 fully saturated rings. The van der Waals surface area contributed by atoms with Crippen molar-refractivity contribution in [1.29, 1.82) is 0 Å². The highest BCUT2D eigenvalue weighted by Crippen LogP contribution is 2.47. The van der Waals surface area contributed by atoms with E-state index in [0.717, 1.165) is 61.5 Å². The molecule has 0 saturated carbocycles. The Morgan fingerprint density at radius 3 is 0.775 bits per heavy atom. The molecule has 0 aliphatic rings. The van der Waals surface area contributed by atoms with Crippen LogP contribution in [0, 0.1) is 0 Å². The van der Waals surface area contributed by atoms with Gasteiger partial charge in [0.05, 0.1) is 33.5 Å². The summed E-state index contributed by atoms with van der Waals surface area (Å²) in [6.45, 7) is 0. The predicted molar refractivity (Wildman–Crippen MR) is 440 cm³/mol. The molecule has 4 nitrogen and oxygen atoms in total. The van der Waals surface area contributed by atoms with Gasteiger partial charge in [0, 0.05) is 130 Å². The summed E-state index contributed by atoms with van der Waals surface area (Å²) in [4.78, 5) is 10.9. The molecular formula is C94H54N4S4. The molecule has 0 atom stereocenters. The molecule has 15 aromatic carbocycles. The van der Waals surface area contributed by atoms with Crippen molar-refractivity contribution in [3.8, 4) is 89.8 Å². The van der Waals surface area contributed by atoms with Gasteiger partial charge in [0.1, 0.15) is 0 Å². The van der Waals surface area contributed by atoms with Gasteiger partial charge < -0.3 is 9.13 Å². The summed E-state index contributed by atoms with van der Waals surface area (Å²) in [6, 6.07) is 122. The quantitative estimate of drug-likeness (QED) is 0.144. The summed E-state index contributed by atoms with van der Waals surface area (Å²) in [5.41, 5.74) is 20.5. The molecule has 22 rings (SSSR count). The number of hydrogen-bond donors (Lipinski definition) is 0. The molecular weight excluding hydrogens is 1310 g/mol. The maximum absolute atomic E-state index is 5.59. The molecule has 7 heterocycles. The van der Waals surface area contributed by atoms with E-state index in [-0.39, 0.29) is 0 Å². The molecule has 0 N–H and O–H groups in total. The number of nitrogens with zero attached hydrogens (tertiary/aromatic N) is 4. The minimum atomic E-state index is 0.664. The summed E-state index contributed by atoms with van der Waals surface area (Å²) >= 11 is 7.44. The lowest BCUT2D eigenvalue weighted by atomic mass is 9.98. The van der Waals surface area contributed by atoms with Crippen LogP contribution < -0.4 is 0 Å². The van der Waals surface area contributed by atoms with Crippen molar-refractivity contribution in [2.45, 2.75) is 0 Å². The first kappa shape index (κ1) is 57.7. The Hall–Kier alpha value is -12.1. The van der Waals surface area contributed by atoms with E-state index in [0.29, 0.717) is 5.82 Å². The largest absolute Gasteiger partial charge is 0.309 e. The lowest BCUT2D eigenvalue weighted by Gasteiger charge is -2.17. The van der Waals surface area contributed by atoms with Gasteiger partial charge in [-0.3, -0.25) is 0 Å². The fourth-order valence-electron chi connectivity index (χ4n) is 16.0. The Labute approximate surface area is 601 Å². The first-order valence-electron chi connectivity index (χ1n) is 34.5. The normalized spacial score (nSPS) is 12.1. The highest BCUT2D eigenvalue weighted by Gasteiger charge is 2.23. The molecule has 8 heteroatoms. The molecule has 102 heavy (non-hydrogen) atoms. The number of thiophene rings is 4. The van der Waals surface area contributed by atoms with Gasteiger partial charge in [-0.15, -0.1) is 45.3 Å². The Kier molecular flexibility index (Phi) is 12.8. The van der Waals surface area contributed by atoms with E-state index in [9.17, 15) is 0 Å². The average molecular weight is 1370 g/mol. The van der Waals surface area contributed by atoms with Crippen molar-refractivity contribution in [3.63, 3.8) is 0 Å². The molecule has 0 radical (unpaired) electrons. The van der Waals surface area contributed by atoms with Crippen LogP contribution in [0.4, 0.5) is 0 Å². The molecule has 0 unspecified atom stereocenters. The van der Waals surface area contributed by atoms with Gasteiger partial charge in [0.15, 0.2) is 5.82 Å². The summed E-state index contributed by atoms with van der Waals surface area (Å²) in [5, 5.41) is 15.0. The average Bonchev–Trinajstić information content (AvgIpc) is 1.56. The van der Waals surface area contributed by atoms with E-state index in [1.165, 1.54) is 147 Å². The molecule has 0 bridgehead atoms. The third kappa shape index (κ3) is 9.24. The molecule has 0 aliphatic carbocycles. The second-order valence-corrected chi connectivity index (χ2v) is 31.1. The smallest absolute Gasteiger partial charge is 0.160 e. The van der Waals surface area contributed by atoms with Crippen LogP contribution >= 0.6 is 45.3 Å². The SMILES string of the molecule is c1ccc(-c2cc(-c3cc(-n4c5ccc(-c6ccc7sc8ccccc8c7c6)cc5c5cc(-c6ccc7sc8ccccc8c7c6)ccc54)cc(-n4c5ccc(-c6ccc7sc8ccccc8c7c6)cc5c5cc(-c6ccc7sc8ccccc8c7c6)ccc54)c3)nc(-c3ccccc3)n2)cc1. The predicted octanol–water partition coefficient (Wildman–Crippen LogP) is 27.8. The fourth-order valence-corrected chi connectivity index (χ4v) is 20.4. The van der Waals surface area contributed by atoms with Gasteiger partial charge in [0.25, 0.3) is 0 Å². The van der Waals surface area contributed by atoms with Gasteiger partial charge in [-0.2, -0.15) is 0 Å². The lowest BCUT2D eigenvalue weighted by Crippen LogP contribution is -2.02. The highest BCUT2D eigenvalue weighted by molar-refractivity contribution is 7.27. The fraction of sp³-hybridized carbons (Fsp3) is 0. The zero-order valence-corrected chi connectivity index (χ0v) is 57.9. The number of rotatable bonds is 9. The van der Waals surface area contributed by atoms with Gasteiger partial charge in [-0.05, 0) is 190 Å². The van der Waals surface area contributed by atoms with Crippen molar-refractivity contribution in [1.82, 2.24) is 19.1 Å². The van der Waals surface area contributed by atoms with E-state index >= 15 is 0 Å². The molecule has 474 valence electrons. The lowest BCUT2D eigenvalue weighted by molar-refractivity contribution is 1.13. The van der Waals surface area contributed by atoms with Crippen LogP contribution in [0.2, 0.25) is 0 Å². The van der Waals surface area contributed by atoms with Crippen molar-refractivity contribution >= 4 is 170 Å². The second-order valence-electron chi connectivity index (χ2n) is 26.8. The minimum Gasteiger partial charge on any atom is -0.309 e. The Bertz CT molecular complexity index is 6500. The van der Waals surface area contributed by atoms with E-state index in [2.05, 4.69) is 337 Å². The van der Waals surface area contributed by atoms with Crippen LogP contribution in [0.1, 0.15) is 0 Å². The van der Waals surface area contributed by atoms with Crippen molar-refractivity contribution in [2.75, 3.05) is 0 Å². The van der Waals surface area contributed by atoms with Gasteiger partial charge >= 0.3 is 0 Å². The van der Waals surface area contributed by atoms with Gasteiger partial charge in [0.2, 0.25) is 0 Å². The molecule has 0 amide bonds. The van der Waals surface area contributed by atoms with Crippen LogP contribution in [0.25, 0.3) is 214 Å². The zero-order chi connectivity index (χ0) is 66.7. The topological polar surface area (TPSA) is 35.6 Å². The number of fused-ring (bicyclic) bond motifs is 18. The Balaban J connectivity index is 0.806. The van der Waals surface area contributed by atoms with Gasteiger partial charge in [-0.1, -0.05) is 182 Å². The standard InChI is InChI=1S/C94H54N4S4/c1-3-15-55(16-4-1)80-54-81(96-94(95-80)56-17-5-2-6-18-56)65-43-66(97-82-35-27-57(61-31-39-90-76(49-61)68-19-7-11-23-86(68)99-90)45-72(82)73-46-58(28-36-83(73)97)62-32-40-91-77(50-62)69-20-8-12-24-87(69)100-91)53-67(44-65)98-84-37-29-59(63-33-41-92-78(51-63)70-21-9-13-25-88(70)101-92)47-74(84)75-48-60(30-38-85(75)98)64-34-42-93-79(52-64)71-22-10-14-26-89(71)102-93/h1-54H. The van der Waals surface area contributed by atoms with Crippen molar-refractivity contribution in [3.05, 3.63) is 328 Å². The van der Waals surface area contributed by atoms with Crippen molar-refractivity contribution < 1.29 is 0 Å². The number of hydrogen-bond acceptors (Lipinski definition) is 6. The summed E-state index contributed by atoms with van der Waals surface area (Å²) < 4.78 is 15.4. The maximum atomic E-state index is 5.59. The third-order valence-electron chi connectivity index (χ3n) is 20.9. The Morgan fingerprint density at radius 2 is 0.441 bits per heavy atom. The van der Waals surface area contributed by atoms with Crippen LogP contribution in [0.5, 0.6) is 0 Å². The summed E-state index contributed by atoms with van der Waals surface area (Å²) in [7, 11) is 0. The third-order valence-corrected chi connectivity index (χ3v) is 25.5. The number of benzene rings is 15. The first-order chi connectivity index (χ1) is 50.5. The second kappa shape index (κ2) is 22.7. The zero-order valence-electron chi connectivity index (χ0n) is 54.6. The van der Waals surface area contributed by atoms with E-state index in [4.69, 9.17) is 9.97 Å². The first-order valence-corrected chi connectivity index (χ1v) is 37.7. The molecule has 0 spiro atoms. The van der Waals surface area contributed by atoms with Crippen LogP contribution in [0.15, 0.2) is 328 Å². The maximum Gasteiger partial charge on any atom is 0.160 e. The summed E-state index contributed by atoms with van der Waals surface area (Å²) in [5.74, 6) is 0.664. The van der Waals surface area contributed by atoms with Crippen molar-refractivity contribution in [2.24, 2.45) is 0 Å².